The maximum atomic E-state index is 8.69. The molecule has 0 saturated carbocycles. The van der Waals surface area contributed by atoms with Gasteiger partial charge in [-0.3, -0.25) is 0 Å². The molecular weight excluding hydrogens is 363 g/mol. The van der Waals surface area contributed by atoms with Crippen LogP contribution in [0.5, 0.6) is 5.75 Å². The second kappa shape index (κ2) is 11.4. The molecule has 0 spiro atoms. The molecule has 3 heteroatoms. The highest BCUT2D eigenvalue weighted by molar-refractivity contribution is 14.1. The van der Waals surface area contributed by atoms with E-state index in [1.807, 2.05) is 12.1 Å². The topological polar surface area (TPSA) is 29.5 Å². The van der Waals surface area contributed by atoms with Crippen LogP contribution in [-0.4, -0.2) is 17.8 Å². The molecule has 0 saturated heterocycles. The molecule has 1 rings (SSSR count). The van der Waals surface area contributed by atoms with Crippen molar-refractivity contribution in [2.24, 2.45) is 0 Å². The van der Waals surface area contributed by atoms with Gasteiger partial charge in [-0.1, -0.05) is 32.1 Å². The number of benzene rings is 1. The highest BCUT2D eigenvalue weighted by Gasteiger charge is 2.03. The maximum absolute atomic E-state index is 8.69. The summed E-state index contributed by atoms with van der Waals surface area (Å²) in [5.41, 5.74) is 0. The Morgan fingerprint density at radius 2 is 1.50 bits per heavy atom. The van der Waals surface area contributed by atoms with E-state index in [2.05, 4.69) is 41.6 Å². The molecule has 0 bridgehead atoms. The van der Waals surface area contributed by atoms with Gasteiger partial charge >= 0.3 is 0 Å². The zero-order chi connectivity index (χ0) is 14.6. The summed E-state index contributed by atoms with van der Waals surface area (Å²) < 4.78 is 7.14. The molecule has 1 aromatic carbocycles. The van der Waals surface area contributed by atoms with Crippen molar-refractivity contribution in [1.29, 1.82) is 0 Å². The Morgan fingerprint density at radius 3 is 2.10 bits per heavy atom. The summed E-state index contributed by atoms with van der Waals surface area (Å²) in [6.07, 6.45) is 9.95. The monoisotopic (exact) mass is 390 g/mol. The lowest BCUT2D eigenvalue weighted by atomic mass is 10.1. The van der Waals surface area contributed by atoms with Gasteiger partial charge in [-0.05, 0) is 73.0 Å². The second-order valence-electron chi connectivity index (χ2n) is 5.37. The van der Waals surface area contributed by atoms with Gasteiger partial charge < -0.3 is 9.84 Å². The van der Waals surface area contributed by atoms with Gasteiger partial charge in [0.05, 0.1) is 6.10 Å². The number of ether oxygens (including phenoxy) is 1. The number of hydrogen-bond acceptors (Lipinski definition) is 2. The van der Waals surface area contributed by atoms with E-state index in [0.29, 0.717) is 12.7 Å². The number of hydrogen-bond donors (Lipinski definition) is 1. The van der Waals surface area contributed by atoms with Gasteiger partial charge in [-0.25, -0.2) is 0 Å². The van der Waals surface area contributed by atoms with Crippen molar-refractivity contribution in [2.45, 2.75) is 64.4 Å². The average molecular weight is 390 g/mol. The quantitative estimate of drug-likeness (QED) is 0.417. The Hall–Kier alpha value is -0.290. The fourth-order valence-electron chi connectivity index (χ4n) is 2.23. The van der Waals surface area contributed by atoms with Crippen molar-refractivity contribution < 1.29 is 9.84 Å². The molecule has 0 aliphatic rings. The smallest absolute Gasteiger partial charge is 0.119 e. The fraction of sp³-hybridized carbons (Fsp3) is 0.647. The van der Waals surface area contributed by atoms with Gasteiger partial charge in [-0.15, -0.1) is 0 Å². The average Bonchev–Trinajstić information content (AvgIpc) is 2.44. The van der Waals surface area contributed by atoms with Gasteiger partial charge in [0.15, 0.2) is 0 Å². The van der Waals surface area contributed by atoms with Crippen molar-refractivity contribution in [3.8, 4) is 5.75 Å². The number of aliphatic hydroxyl groups is 1. The molecule has 114 valence electrons. The standard InChI is InChI=1S/C17H27IO2/c1-15(20-17-12-10-16(18)11-13-17)9-7-5-3-2-4-6-8-14-19/h10-13,15,19H,2-9,14H2,1H3. The Kier molecular flexibility index (Phi) is 10.1. The van der Waals surface area contributed by atoms with Crippen molar-refractivity contribution >= 4 is 22.6 Å². The zero-order valence-corrected chi connectivity index (χ0v) is 14.6. The van der Waals surface area contributed by atoms with Crippen LogP contribution in [-0.2, 0) is 0 Å². The summed E-state index contributed by atoms with van der Waals surface area (Å²) in [6.45, 7) is 2.49. The molecule has 0 aromatic heterocycles. The first kappa shape index (κ1) is 17.8. The normalized spacial score (nSPS) is 12.3. The highest BCUT2D eigenvalue weighted by atomic mass is 127. The number of halogens is 1. The predicted octanol–water partition coefficient (Wildman–Crippen LogP) is 5.17. The summed E-state index contributed by atoms with van der Waals surface area (Å²) in [6, 6.07) is 8.24. The molecule has 0 aliphatic heterocycles. The largest absolute Gasteiger partial charge is 0.491 e. The van der Waals surface area contributed by atoms with Gasteiger partial charge in [0, 0.05) is 10.2 Å². The first-order valence-electron chi connectivity index (χ1n) is 7.75. The summed E-state index contributed by atoms with van der Waals surface area (Å²) in [5.74, 6) is 0.974. The molecule has 1 unspecified atom stereocenters. The highest BCUT2D eigenvalue weighted by Crippen LogP contribution is 2.17. The molecule has 0 heterocycles. The maximum Gasteiger partial charge on any atom is 0.119 e. The molecule has 20 heavy (non-hydrogen) atoms. The number of rotatable bonds is 11. The van der Waals surface area contributed by atoms with E-state index in [1.54, 1.807) is 0 Å². The first-order chi connectivity index (χ1) is 9.72. The molecule has 0 aliphatic carbocycles. The Morgan fingerprint density at radius 1 is 0.950 bits per heavy atom. The Labute approximate surface area is 137 Å². The van der Waals surface area contributed by atoms with Crippen LogP contribution in [0.1, 0.15) is 58.3 Å². The van der Waals surface area contributed by atoms with E-state index in [0.717, 1.165) is 18.6 Å². The lowest BCUT2D eigenvalue weighted by Gasteiger charge is -2.14. The second-order valence-corrected chi connectivity index (χ2v) is 6.62. The summed E-state index contributed by atoms with van der Waals surface area (Å²) in [5, 5.41) is 8.69. The van der Waals surface area contributed by atoms with Crippen molar-refractivity contribution in [1.82, 2.24) is 0 Å². The van der Waals surface area contributed by atoms with Crippen LogP contribution in [0.2, 0.25) is 0 Å². The van der Waals surface area contributed by atoms with Crippen LogP contribution >= 0.6 is 22.6 Å². The van der Waals surface area contributed by atoms with E-state index in [4.69, 9.17) is 9.84 Å². The predicted molar refractivity (Wildman–Crippen MR) is 93.3 cm³/mol. The van der Waals surface area contributed by atoms with Gasteiger partial charge in [0.1, 0.15) is 5.75 Å². The van der Waals surface area contributed by atoms with Gasteiger partial charge in [0.2, 0.25) is 0 Å². The third-order valence-corrected chi connectivity index (χ3v) is 4.14. The van der Waals surface area contributed by atoms with Crippen LogP contribution in [0.25, 0.3) is 0 Å². The third-order valence-electron chi connectivity index (χ3n) is 3.42. The molecule has 1 N–H and O–H groups in total. The molecule has 0 amide bonds. The third kappa shape index (κ3) is 8.80. The molecule has 2 nitrogen and oxygen atoms in total. The minimum absolute atomic E-state index is 0.296. The first-order valence-corrected chi connectivity index (χ1v) is 8.83. The van der Waals surface area contributed by atoms with Gasteiger partial charge in [-0.2, -0.15) is 0 Å². The zero-order valence-electron chi connectivity index (χ0n) is 12.5. The van der Waals surface area contributed by atoms with E-state index < -0.39 is 0 Å². The van der Waals surface area contributed by atoms with Crippen LogP contribution in [0.15, 0.2) is 24.3 Å². The van der Waals surface area contributed by atoms with Crippen molar-refractivity contribution in [2.75, 3.05) is 6.61 Å². The van der Waals surface area contributed by atoms with Crippen molar-refractivity contribution in [3.05, 3.63) is 27.8 Å². The number of unbranched alkanes of at least 4 members (excludes halogenated alkanes) is 6. The molecule has 0 radical (unpaired) electrons. The van der Waals surface area contributed by atoms with Crippen LogP contribution in [0.3, 0.4) is 0 Å². The molecule has 1 aromatic rings. The van der Waals surface area contributed by atoms with Gasteiger partial charge in [0.25, 0.3) is 0 Å². The Bertz CT molecular complexity index is 337. The molecular formula is C17H27IO2. The molecule has 1 atom stereocenters. The van der Waals surface area contributed by atoms with E-state index in [-0.39, 0.29) is 0 Å². The van der Waals surface area contributed by atoms with Crippen molar-refractivity contribution in [3.63, 3.8) is 0 Å². The van der Waals surface area contributed by atoms with E-state index in [1.165, 1.54) is 42.1 Å². The minimum Gasteiger partial charge on any atom is -0.491 e. The minimum atomic E-state index is 0.296. The van der Waals surface area contributed by atoms with Crippen LogP contribution in [0.4, 0.5) is 0 Å². The summed E-state index contributed by atoms with van der Waals surface area (Å²) in [7, 11) is 0. The number of aliphatic hydroxyl groups excluding tert-OH is 1. The molecule has 0 fully saturated rings. The summed E-state index contributed by atoms with van der Waals surface area (Å²) >= 11 is 2.30. The van der Waals surface area contributed by atoms with E-state index >= 15 is 0 Å². The lowest BCUT2D eigenvalue weighted by Crippen LogP contribution is -2.11. The van der Waals surface area contributed by atoms with Crippen LogP contribution in [0, 0.1) is 3.57 Å². The Balaban J connectivity index is 2.00. The SMILES string of the molecule is CC(CCCCCCCCCO)Oc1ccc(I)cc1. The van der Waals surface area contributed by atoms with Crippen LogP contribution < -0.4 is 4.74 Å². The summed E-state index contributed by atoms with van der Waals surface area (Å²) in [4.78, 5) is 0. The lowest BCUT2D eigenvalue weighted by molar-refractivity contribution is 0.206. The van der Waals surface area contributed by atoms with E-state index in [9.17, 15) is 0 Å². The fourth-order valence-corrected chi connectivity index (χ4v) is 2.59.